The Kier molecular flexibility index (Phi) is 5.37. The van der Waals surface area contributed by atoms with E-state index in [4.69, 9.17) is 32.2 Å². The molecule has 0 aliphatic rings. The Morgan fingerprint density at radius 1 is 1.18 bits per heavy atom. The number of ether oxygens (including phenoxy) is 3. The van der Waals surface area contributed by atoms with Crippen LogP contribution in [0.1, 0.15) is 5.56 Å². The summed E-state index contributed by atoms with van der Waals surface area (Å²) in [4.78, 5) is 0. The maximum absolute atomic E-state index is 5.44. The van der Waals surface area contributed by atoms with Crippen LogP contribution in [0.2, 0.25) is 0 Å². The topological polar surface area (TPSA) is 53.7 Å². The van der Waals surface area contributed by atoms with Crippen molar-refractivity contribution in [2.75, 3.05) is 21.3 Å². The molecule has 6 heteroatoms. The normalized spacial score (nSPS) is 9.82. The Morgan fingerprint density at radius 2 is 1.71 bits per heavy atom. The van der Waals surface area contributed by atoms with Crippen molar-refractivity contribution < 1.29 is 14.2 Å². The molecule has 0 radical (unpaired) electrons. The maximum atomic E-state index is 5.44. The quantitative estimate of drug-likeness (QED) is 0.830. The molecular formula is C11H15NO3S2. The van der Waals surface area contributed by atoms with E-state index in [0.717, 1.165) is 5.56 Å². The Morgan fingerprint density at radius 3 is 2.06 bits per heavy atom. The van der Waals surface area contributed by atoms with Crippen LogP contribution in [0.5, 0.6) is 17.2 Å². The second kappa shape index (κ2) is 6.56. The second-order valence-electron chi connectivity index (χ2n) is 3.14. The van der Waals surface area contributed by atoms with Gasteiger partial charge >= 0.3 is 0 Å². The number of hydrogen-bond donors (Lipinski definition) is 1. The van der Waals surface area contributed by atoms with E-state index in [1.54, 1.807) is 21.3 Å². The van der Waals surface area contributed by atoms with Crippen molar-refractivity contribution in [1.82, 2.24) is 0 Å². The van der Waals surface area contributed by atoms with Gasteiger partial charge in [0.25, 0.3) is 0 Å². The van der Waals surface area contributed by atoms with Gasteiger partial charge in [-0.05, 0) is 17.7 Å². The Balaban J connectivity index is 3.04. The summed E-state index contributed by atoms with van der Waals surface area (Å²) in [5, 5.41) is 0. The molecule has 1 rings (SSSR count). The average molecular weight is 273 g/mol. The lowest BCUT2D eigenvalue weighted by Crippen LogP contribution is -2.02. The van der Waals surface area contributed by atoms with E-state index in [1.165, 1.54) is 11.8 Å². The van der Waals surface area contributed by atoms with Crippen molar-refractivity contribution in [1.29, 1.82) is 0 Å². The van der Waals surface area contributed by atoms with Gasteiger partial charge in [-0.15, -0.1) is 0 Å². The molecule has 1 aromatic carbocycles. The predicted octanol–water partition coefficient (Wildman–Crippen LogP) is 2.19. The van der Waals surface area contributed by atoms with Crippen LogP contribution in [0, 0.1) is 0 Å². The van der Waals surface area contributed by atoms with Gasteiger partial charge in [-0.1, -0.05) is 24.0 Å². The summed E-state index contributed by atoms with van der Waals surface area (Å²) in [6, 6.07) is 3.76. The standard InChI is InChI=1S/C11H15NO3S2/c1-13-8-4-7(6-17-11(12)16)5-9(14-2)10(8)15-3/h4-5H,6H2,1-3H3,(H2,12,16). The minimum Gasteiger partial charge on any atom is -0.493 e. The molecule has 0 saturated carbocycles. The van der Waals surface area contributed by atoms with Gasteiger partial charge in [-0.25, -0.2) is 0 Å². The third-order valence-corrected chi connectivity index (χ3v) is 3.22. The maximum Gasteiger partial charge on any atom is 0.203 e. The molecule has 0 unspecified atom stereocenters. The zero-order valence-corrected chi connectivity index (χ0v) is 11.6. The number of rotatable bonds is 5. The van der Waals surface area contributed by atoms with Crippen molar-refractivity contribution in [3.8, 4) is 17.2 Å². The Labute approximate surface area is 110 Å². The number of nitrogens with two attached hydrogens (primary N) is 1. The van der Waals surface area contributed by atoms with Crippen molar-refractivity contribution in [3.63, 3.8) is 0 Å². The lowest BCUT2D eigenvalue weighted by Gasteiger charge is -2.13. The molecule has 4 nitrogen and oxygen atoms in total. The molecule has 0 aliphatic heterocycles. The van der Waals surface area contributed by atoms with Crippen LogP contribution in [0.4, 0.5) is 0 Å². The summed E-state index contributed by atoms with van der Waals surface area (Å²) in [6.45, 7) is 0. The van der Waals surface area contributed by atoms with Crippen LogP contribution >= 0.6 is 24.0 Å². The van der Waals surface area contributed by atoms with Gasteiger partial charge in [-0.3, -0.25) is 0 Å². The summed E-state index contributed by atoms with van der Waals surface area (Å²) in [5.74, 6) is 2.52. The van der Waals surface area contributed by atoms with Crippen LogP contribution in [0.3, 0.4) is 0 Å². The van der Waals surface area contributed by atoms with Gasteiger partial charge in [0.15, 0.2) is 11.5 Å². The zero-order valence-electron chi connectivity index (χ0n) is 9.98. The van der Waals surface area contributed by atoms with E-state index in [0.29, 0.717) is 27.3 Å². The van der Waals surface area contributed by atoms with Crippen LogP contribution in [0.15, 0.2) is 12.1 Å². The van der Waals surface area contributed by atoms with E-state index in [9.17, 15) is 0 Å². The lowest BCUT2D eigenvalue weighted by atomic mass is 10.2. The number of methoxy groups -OCH3 is 3. The minimum absolute atomic E-state index is 0.416. The Hall–Kier alpha value is -1.14. The summed E-state index contributed by atoms with van der Waals surface area (Å²) >= 11 is 6.21. The number of thioether (sulfide) groups is 1. The number of hydrogen-bond acceptors (Lipinski definition) is 5. The molecule has 0 aromatic heterocycles. The van der Waals surface area contributed by atoms with Crippen LogP contribution < -0.4 is 19.9 Å². The third kappa shape index (κ3) is 3.67. The molecule has 0 amide bonds. The lowest BCUT2D eigenvalue weighted by molar-refractivity contribution is 0.324. The fourth-order valence-electron chi connectivity index (χ4n) is 1.37. The van der Waals surface area contributed by atoms with Crippen LogP contribution in [-0.4, -0.2) is 25.6 Å². The van der Waals surface area contributed by atoms with Gasteiger partial charge < -0.3 is 19.9 Å². The van der Waals surface area contributed by atoms with Gasteiger partial charge in [-0.2, -0.15) is 0 Å². The first-order valence-electron chi connectivity index (χ1n) is 4.83. The first-order valence-corrected chi connectivity index (χ1v) is 6.22. The number of thiocarbonyl (C=S) groups is 1. The van der Waals surface area contributed by atoms with Crippen LogP contribution in [0.25, 0.3) is 0 Å². The molecule has 0 heterocycles. The number of benzene rings is 1. The molecule has 0 saturated heterocycles. The van der Waals surface area contributed by atoms with Crippen LogP contribution in [-0.2, 0) is 5.75 Å². The first kappa shape index (κ1) is 13.9. The van der Waals surface area contributed by atoms with Crippen molar-refractivity contribution in [2.45, 2.75) is 5.75 Å². The highest BCUT2D eigenvalue weighted by Gasteiger charge is 2.13. The van der Waals surface area contributed by atoms with Crippen molar-refractivity contribution in [3.05, 3.63) is 17.7 Å². The van der Waals surface area contributed by atoms with Gasteiger partial charge in [0.2, 0.25) is 5.75 Å². The van der Waals surface area contributed by atoms with Crippen molar-refractivity contribution in [2.24, 2.45) is 5.73 Å². The first-order chi connectivity index (χ1) is 8.12. The molecule has 1 aromatic rings. The summed E-state index contributed by atoms with van der Waals surface area (Å²) in [5.41, 5.74) is 6.46. The molecule has 0 atom stereocenters. The summed E-state index contributed by atoms with van der Waals surface area (Å²) < 4.78 is 16.1. The fraction of sp³-hybridized carbons (Fsp3) is 0.364. The van der Waals surface area contributed by atoms with E-state index in [2.05, 4.69) is 0 Å². The molecule has 0 spiro atoms. The second-order valence-corrected chi connectivity index (χ2v) is 4.86. The molecule has 0 fully saturated rings. The summed E-state index contributed by atoms with van der Waals surface area (Å²) in [7, 11) is 4.74. The predicted molar refractivity (Wildman–Crippen MR) is 74.2 cm³/mol. The van der Waals surface area contributed by atoms with E-state index in [1.807, 2.05) is 12.1 Å². The van der Waals surface area contributed by atoms with E-state index >= 15 is 0 Å². The minimum atomic E-state index is 0.416. The third-order valence-electron chi connectivity index (χ3n) is 2.11. The molecule has 2 N–H and O–H groups in total. The molecule has 0 bridgehead atoms. The highest BCUT2D eigenvalue weighted by molar-refractivity contribution is 8.22. The fourth-order valence-corrected chi connectivity index (χ4v) is 2.03. The van der Waals surface area contributed by atoms with Gasteiger partial charge in [0, 0.05) is 5.75 Å². The zero-order chi connectivity index (χ0) is 12.8. The monoisotopic (exact) mass is 273 g/mol. The molecule has 0 aliphatic carbocycles. The smallest absolute Gasteiger partial charge is 0.203 e. The average Bonchev–Trinajstić information content (AvgIpc) is 2.34. The van der Waals surface area contributed by atoms with E-state index < -0.39 is 0 Å². The Bertz CT molecular complexity index is 385. The highest BCUT2D eigenvalue weighted by Crippen LogP contribution is 2.38. The molecule has 94 valence electrons. The molecule has 17 heavy (non-hydrogen) atoms. The van der Waals surface area contributed by atoms with Gasteiger partial charge in [0.1, 0.15) is 4.32 Å². The van der Waals surface area contributed by atoms with Crippen molar-refractivity contribution >= 4 is 28.3 Å². The molecular weight excluding hydrogens is 258 g/mol. The summed E-state index contributed by atoms with van der Waals surface area (Å²) in [6.07, 6.45) is 0. The van der Waals surface area contributed by atoms with Gasteiger partial charge in [0.05, 0.1) is 21.3 Å². The SMILES string of the molecule is COc1cc(CSC(N)=S)cc(OC)c1OC. The highest BCUT2D eigenvalue weighted by atomic mass is 32.2. The van der Waals surface area contributed by atoms with E-state index in [-0.39, 0.29) is 0 Å². The largest absolute Gasteiger partial charge is 0.493 e.